The Morgan fingerprint density at radius 2 is 1.91 bits per heavy atom. The van der Waals surface area contributed by atoms with E-state index in [4.69, 9.17) is 0 Å². The molecule has 2 amide bonds. The van der Waals surface area contributed by atoms with Gasteiger partial charge in [0.15, 0.2) is 10.8 Å². The maximum absolute atomic E-state index is 12.9. The van der Waals surface area contributed by atoms with Crippen molar-refractivity contribution in [1.29, 1.82) is 0 Å². The van der Waals surface area contributed by atoms with Gasteiger partial charge in [-0.15, -0.1) is 34.7 Å². The number of hydrogen-bond acceptors (Lipinski definition) is 10. The van der Waals surface area contributed by atoms with E-state index in [1.54, 1.807) is 11.7 Å². The molecule has 2 aromatic heterocycles. The fourth-order valence-electron chi connectivity index (χ4n) is 3.25. The predicted octanol–water partition coefficient (Wildman–Crippen LogP) is 3.00. The van der Waals surface area contributed by atoms with Crippen LogP contribution in [0.25, 0.3) is 9.88 Å². The number of nitrogens with one attached hydrogen (secondary N) is 2. The average molecular weight is 528 g/mol. The van der Waals surface area contributed by atoms with Crippen LogP contribution >= 0.6 is 22.7 Å². The van der Waals surface area contributed by atoms with Gasteiger partial charge in [-0.1, -0.05) is 11.3 Å². The monoisotopic (exact) mass is 527 g/mol. The maximum Gasteiger partial charge on any atom is 0.573 e. The van der Waals surface area contributed by atoms with E-state index in [-0.39, 0.29) is 22.9 Å². The Morgan fingerprint density at radius 3 is 2.60 bits per heavy atom. The normalized spacial score (nSPS) is 15.1. The highest BCUT2D eigenvalue weighted by atomic mass is 32.1. The molecule has 3 aromatic rings. The Morgan fingerprint density at radius 1 is 1.14 bits per heavy atom. The molecule has 1 aliphatic rings. The number of aromatic nitrogens is 3. The number of rotatable bonds is 7. The van der Waals surface area contributed by atoms with Gasteiger partial charge in [0.25, 0.3) is 5.91 Å². The number of anilines is 2. The number of likely N-dealkylation sites (N-methyl/N-ethyl adjacent to an activating group) is 1. The highest BCUT2D eigenvalue weighted by molar-refractivity contribution is 7.22. The number of carbonyl (C=O) groups is 2. The van der Waals surface area contributed by atoms with Crippen LogP contribution in [0, 0.1) is 0 Å². The molecular formula is C20H20F3N7O3S2. The van der Waals surface area contributed by atoms with Gasteiger partial charge in [-0.05, 0) is 25.2 Å². The van der Waals surface area contributed by atoms with Gasteiger partial charge >= 0.3 is 6.36 Å². The van der Waals surface area contributed by atoms with Crippen molar-refractivity contribution in [2.24, 2.45) is 0 Å². The lowest BCUT2D eigenvalue weighted by Crippen LogP contribution is -2.47. The molecule has 4 rings (SSSR count). The topological polar surface area (TPSA) is 113 Å². The van der Waals surface area contributed by atoms with Gasteiger partial charge in [-0.3, -0.25) is 24.8 Å². The van der Waals surface area contributed by atoms with Gasteiger partial charge < -0.3 is 15.0 Å². The zero-order chi connectivity index (χ0) is 25.0. The van der Waals surface area contributed by atoms with Crippen LogP contribution in [0.15, 0.2) is 29.9 Å². The van der Waals surface area contributed by atoms with Crippen LogP contribution in [0.1, 0.15) is 10.4 Å². The molecule has 15 heteroatoms. The largest absolute Gasteiger partial charge is 0.573 e. The first-order valence-corrected chi connectivity index (χ1v) is 12.0. The van der Waals surface area contributed by atoms with Crippen molar-refractivity contribution in [1.82, 2.24) is 25.0 Å². The molecule has 186 valence electrons. The summed E-state index contributed by atoms with van der Waals surface area (Å²) in [4.78, 5) is 34.0. The Labute approximate surface area is 205 Å². The molecule has 3 heterocycles. The molecule has 2 N–H and O–H groups in total. The summed E-state index contributed by atoms with van der Waals surface area (Å²) in [6.07, 6.45) is -3.35. The van der Waals surface area contributed by atoms with Crippen molar-refractivity contribution >= 4 is 45.3 Å². The van der Waals surface area contributed by atoms with Crippen molar-refractivity contribution < 1.29 is 27.5 Å². The summed E-state index contributed by atoms with van der Waals surface area (Å²) >= 11 is 2.49. The van der Waals surface area contributed by atoms with E-state index in [9.17, 15) is 22.8 Å². The lowest BCUT2D eigenvalue weighted by atomic mass is 10.1. The van der Waals surface area contributed by atoms with Gasteiger partial charge in [0.05, 0.1) is 22.6 Å². The molecule has 0 saturated carbocycles. The van der Waals surface area contributed by atoms with Gasteiger partial charge in [0.1, 0.15) is 0 Å². The van der Waals surface area contributed by atoms with E-state index in [1.165, 1.54) is 11.3 Å². The summed E-state index contributed by atoms with van der Waals surface area (Å²) in [5.41, 5.74) is 1.37. The lowest BCUT2D eigenvalue weighted by Gasteiger charge is -2.31. The number of thiazole rings is 1. The van der Waals surface area contributed by atoms with Crippen molar-refractivity contribution in [2.45, 2.75) is 6.36 Å². The zero-order valence-electron chi connectivity index (χ0n) is 18.3. The first-order valence-electron chi connectivity index (χ1n) is 10.3. The molecule has 1 saturated heterocycles. The molecule has 1 aromatic carbocycles. The minimum absolute atomic E-state index is 0.000854. The molecule has 1 aliphatic heterocycles. The van der Waals surface area contributed by atoms with Gasteiger partial charge in [-0.25, -0.2) is 0 Å². The number of hydrogen-bond donors (Lipinski definition) is 2. The summed E-state index contributed by atoms with van der Waals surface area (Å²) in [5, 5.41) is 13.7. The average Bonchev–Trinajstić information content (AvgIpc) is 3.47. The Bertz CT molecular complexity index is 1180. The number of nitrogens with zero attached hydrogens (tertiary/aromatic N) is 5. The third kappa shape index (κ3) is 6.94. The van der Waals surface area contributed by atoms with Crippen molar-refractivity contribution in [3.63, 3.8) is 0 Å². The molecule has 35 heavy (non-hydrogen) atoms. The molecule has 0 spiro atoms. The number of carbonyl (C=O) groups excluding carboxylic acids is 2. The summed E-state index contributed by atoms with van der Waals surface area (Å²) in [6.45, 7) is 2.87. The van der Waals surface area contributed by atoms with Crippen LogP contribution in [-0.4, -0.2) is 82.9 Å². The summed E-state index contributed by atoms with van der Waals surface area (Å²) in [7, 11) is 1.97. The molecule has 10 nitrogen and oxygen atoms in total. The molecule has 1 fully saturated rings. The summed E-state index contributed by atoms with van der Waals surface area (Å²) < 4.78 is 42.7. The molecule has 0 atom stereocenters. The lowest BCUT2D eigenvalue weighted by molar-refractivity contribution is -0.274. The molecular weight excluding hydrogens is 507 g/mol. The summed E-state index contributed by atoms with van der Waals surface area (Å²) in [5.74, 6) is -1.77. The Balaban J connectivity index is 1.48. The smallest absolute Gasteiger partial charge is 0.404 e. The molecule has 0 radical (unpaired) electrons. The second kappa shape index (κ2) is 10.6. The zero-order valence-corrected chi connectivity index (χ0v) is 20.0. The van der Waals surface area contributed by atoms with Crippen LogP contribution in [0.3, 0.4) is 0 Å². The third-order valence-electron chi connectivity index (χ3n) is 4.99. The number of alkyl halides is 3. The van der Waals surface area contributed by atoms with Gasteiger partial charge in [-0.2, -0.15) is 0 Å². The SMILES string of the molecule is CN1CCN(CC(=O)Nc2cc(C(=O)Nc3nnc(-c4cncs4)s3)ccc2OC(F)(F)F)CC1. The third-order valence-corrected chi connectivity index (χ3v) is 6.77. The molecule has 0 bridgehead atoms. The predicted molar refractivity (Wildman–Crippen MR) is 125 cm³/mol. The van der Waals surface area contributed by atoms with Gasteiger partial charge in [0.2, 0.25) is 11.0 Å². The fraction of sp³-hybridized carbons (Fsp3) is 0.350. The van der Waals surface area contributed by atoms with Crippen molar-refractivity contribution in [3.05, 3.63) is 35.5 Å². The van der Waals surface area contributed by atoms with E-state index in [1.807, 2.05) is 11.9 Å². The number of benzene rings is 1. The minimum Gasteiger partial charge on any atom is -0.404 e. The Kier molecular flexibility index (Phi) is 7.59. The van der Waals surface area contributed by atoms with E-state index in [0.29, 0.717) is 18.1 Å². The highest BCUT2D eigenvalue weighted by Gasteiger charge is 2.33. The number of piperazine rings is 1. The van der Waals surface area contributed by atoms with Crippen molar-refractivity contribution in [2.75, 3.05) is 50.4 Å². The van der Waals surface area contributed by atoms with E-state index in [0.717, 1.165) is 47.5 Å². The quantitative estimate of drug-likeness (QED) is 0.482. The van der Waals surface area contributed by atoms with Crippen LogP contribution < -0.4 is 15.4 Å². The first kappa shape index (κ1) is 25.0. The standard InChI is InChI=1S/C20H20F3N7O3S2/c1-29-4-6-30(7-5-29)10-16(31)25-13-8-12(2-3-14(13)33-20(21,22)23)17(32)26-19-28-27-18(35-19)15-9-24-11-34-15/h2-3,8-9,11H,4-7,10H2,1H3,(H,25,31)(H,26,28,32). The van der Waals surface area contributed by atoms with Crippen LogP contribution in [-0.2, 0) is 4.79 Å². The molecule has 0 aliphatic carbocycles. The number of amides is 2. The van der Waals surface area contributed by atoms with E-state index >= 15 is 0 Å². The second-order valence-corrected chi connectivity index (χ2v) is 9.48. The van der Waals surface area contributed by atoms with Crippen molar-refractivity contribution in [3.8, 4) is 15.6 Å². The second-order valence-electron chi connectivity index (χ2n) is 7.62. The van der Waals surface area contributed by atoms with Crippen LogP contribution in [0.5, 0.6) is 5.75 Å². The first-order chi connectivity index (χ1) is 16.7. The van der Waals surface area contributed by atoms with Gasteiger partial charge in [0, 0.05) is 37.9 Å². The molecule has 0 unspecified atom stereocenters. The van der Waals surface area contributed by atoms with Crippen LogP contribution in [0.4, 0.5) is 24.0 Å². The maximum atomic E-state index is 12.9. The Hall–Kier alpha value is -3.14. The minimum atomic E-state index is -4.97. The summed E-state index contributed by atoms with van der Waals surface area (Å²) in [6, 6.07) is 3.28. The number of halogens is 3. The number of ether oxygens (including phenoxy) is 1. The fourth-order valence-corrected chi connectivity index (χ4v) is 4.66. The van der Waals surface area contributed by atoms with E-state index in [2.05, 4.69) is 35.5 Å². The van der Waals surface area contributed by atoms with E-state index < -0.39 is 23.9 Å². The highest BCUT2D eigenvalue weighted by Crippen LogP contribution is 2.32. The van der Waals surface area contributed by atoms with Crippen LogP contribution in [0.2, 0.25) is 0 Å².